The molecule has 1 heterocycles. The molecule has 1 aliphatic carbocycles. The number of hydrogen-bond donors (Lipinski definition) is 2. The van der Waals surface area contributed by atoms with Crippen LogP contribution < -0.4 is 10.5 Å². The van der Waals surface area contributed by atoms with Gasteiger partial charge in [0.15, 0.2) is 5.01 Å². The highest BCUT2D eigenvalue weighted by Crippen LogP contribution is 2.42. The minimum absolute atomic E-state index is 0.238. The van der Waals surface area contributed by atoms with Crippen LogP contribution in [0.3, 0.4) is 0 Å². The van der Waals surface area contributed by atoms with Crippen molar-refractivity contribution in [1.82, 2.24) is 9.71 Å². The topological polar surface area (TPSA) is 85.1 Å². The normalized spacial score (nSPS) is 16.6. The number of primary amides is 1. The fourth-order valence-electron chi connectivity index (χ4n) is 3.65. The van der Waals surface area contributed by atoms with E-state index >= 15 is 0 Å². The SMILES string of the molecule is CC(C)(C)NS(=O)c1ccc(-c2sc(C(N)=O)nc2CC2CCCCC2)c(Cl)c1Cl. The van der Waals surface area contributed by atoms with E-state index in [2.05, 4.69) is 9.71 Å². The minimum Gasteiger partial charge on any atom is -0.364 e. The number of nitrogens with zero attached hydrogens (tertiary/aromatic N) is 1. The number of carbonyl (C=O) groups is 1. The third kappa shape index (κ3) is 5.62. The number of carbonyl (C=O) groups excluding carboxylic acids is 1. The zero-order chi connectivity index (χ0) is 22.1. The van der Waals surface area contributed by atoms with E-state index in [9.17, 15) is 9.00 Å². The zero-order valence-corrected chi connectivity index (χ0v) is 20.5. The van der Waals surface area contributed by atoms with Crippen molar-refractivity contribution in [2.45, 2.75) is 69.7 Å². The molecular formula is C21H27Cl2N3O2S2. The number of nitrogens with one attached hydrogen (secondary N) is 1. The van der Waals surface area contributed by atoms with Crippen molar-refractivity contribution in [1.29, 1.82) is 0 Å². The number of hydrogen-bond acceptors (Lipinski definition) is 4. The van der Waals surface area contributed by atoms with Crippen molar-refractivity contribution >= 4 is 51.4 Å². The highest BCUT2D eigenvalue weighted by Gasteiger charge is 2.25. The lowest BCUT2D eigenvalue weighted by molar-refractivity contribution is 0.0999. The first-order chi connectivity index (χ1) is 14.1. The Bertz CT molecular complexity index is 964. The van der Waals surface area contributed by atoms with Crippen molar-refractivity contribution in [3.05, 3.63) is 32.9 Å². The molecule has 1 unspecified atom stereocenters. The van der Waals surface area contributed by atoms with Crippen LogP contribution in [0.15, 0.2) is 17.0 Å². The van der Waals surface area contributed by atoms with Crippen LogP contribution in [0.2, 0.25) is 10.0 Å². The maximum atomic E-state index is 12.7. The Morgan fingerprint density at radius 2 is 1.90 bits per heavy atom. The van der Waals surface area contributed by atoms with Crippen LogP contribution in [0.5, 0.6) is 0 Å². The molecule has 1 saturated carbocycles. The van der Waals surface area contributed by atoms with Gasteiger partial charge in [-0.05, 0) is 39.2 Å². The van der Waals surface area contributed by atoms with Gasteiger partial charge in [0.1, 0.15) is 11.0 Å². The van der Waals surface area contributed by atoms with E-state index in [0.717, 1.165) is 29.8 Å². The van der Waals surface area contributed by atoms with Crippen LogP contribution in [0.1, 0.15) is 68.4 Å². The summed E-state index contributed by atoms with van der Waals surface area (Å²) in [5.74, 6) is -0.0113. The molecule has 1 aromatic heterocycles. The first-order valence-electron chi connectivity index (χ1n) is 10.0. The van der Waals surface area contributed by atoms with E-state index in [4.69, 9.17) is 28.9 Å². The van der Waals surface area contributed by atoms with Crippen molar-refractivity contribution in [3.63, 3.8) is 0 Å². The van der Waals surface area contributed by atoms with Gasteiger partial charge in [0.2, 0.25) is 0 Å². The van der Waals surface area contributed by atoms with E-state index in [1.165, 1.54) is 30.6 Å². The van der Waals surface area contributed by atoms with Crippen LogP contribution in [0.4, 0.5) is 0 Å². The van der Waals surface area contributed by atoms with Gasteiger partial charge in [0.05, 0.1) is 25.5 Å². The molecule has 3 N–H and O–H groups in total. The standard InChI is InChI=1S/C21H27Cl2N3O2S2/c1-21(2,3)26-30(28)15-10-9-13(16(22)17(15)23)18-14(25-20(29-18)19(24)27)11-12-7-5-4-6-8-12/h9-10,12,26H,4-8,11H2,1-3H3,(H2,24,27). The van der Waals surface area contributed by atoms with Crippen LogP contribution in [-0.4, -0.2) is 20.6 Å². The number of halogens is 2. The molecule has 3 rings (SSSR count). The van der Waals surface area contributed by atoms with E-state index in [0.29, 0.717) is 21.4 Å². The predicted octanol–water partition coefficient (Wildman–Crippen LogP) is 5.75. The Morgan fingerprint density at radius 3 is 2.50 bits per heavy atom. The molecule has 164 valence electrons. The summed E-state index contributed by atoms with van der Waals surface area (Å²) in [4.78, 5) is 17.5. The van der Waals surface area contributed by atoms with Crippen molar-refractivity contribution in [3.8, 4) is 10.4 Å². The van der Waals surface area contributed by atoms with Gasteiger partial charge in [0.25, 0.3) is 5.91 Å². The second kappa shape index (κ2) is 9.65. The van der Waals surface area contributed by atoms with Crippen molar-refractivity contribution < 1.29 is 9.00 Å². The molecule has 9 heteroatoms. The smallest absolute Gasteiger partial charge is 0.277 e. The van der Waals surface area contributed by atoms with Gasteiger partial charge in [-0.3, -0.25) is 4.79 Å². The van der Waals surface area contributed by atoms with Gasteiger partial charge >= 0.3 is 0 Å². The molecule has 1 amide bonds. The van der Waals surface area contributed by atoms with Crippen molar-refractivity contribution in [2.24, 2.45) is 11.7 Å². The molecule has 2 aromatic rings. The Hall–Kier alpha value is -0.990. The summed E-state index contributed by atoms with van der Waals surface area (Å²) in [6.07, 6.45) is 6.82. The summed E-state index contributed by atoms with van der Waals surface area (Å²) in [5.41, 5.74) is 6.68. The average Bonchev–Trinajstić information content (AvgIpc) is 3.07. The van der Waals surface area contributed by atoms with Crippen LogP contribution in [-0.2, 0) is 17.4 Å². The van der Waals surface area contributed by atoms with E-state index in [-0.39, 0.29) is 15.6 Å². The Balaban J connectivity index is 1.99. The summed E-state index contributed by atoms with van der Waals surface area (Å²) in [7, 11) is -1.51. The molecule has 0 bridgehead atoms. The fourth-order valence-corrected chi connectivity index (χ4v) is 6.50. The average molecular weight is 489 g/mol. The molecule has 0 spiro atoms. The highest BCUT2D eigenvalue weighted by molar-refractivity contribution is 7.83. The lowest BCUT2D eigenvalue weighted by Crippen LogP contribution is -2.37. The number of amides is 1. The Kier molecular flexibility index (Phi) is 7.62. The van der Waals surface area contributed by atoms with Crippen LogP contribution in [0, 0.1) is 5.92 Å². The number of thiazole rings is 1. The quantitative estimate of drug-likeness (QED) is 0.543. The van der Waals surface area contributed by atoms with E-state index in [1.54, 1.807) is 12.1 Å². The van der Waals surface area contributed by atoms with Crippen LogP contribution in [0.25, 0.3) is 10.4 Å². The van der Waals surface area contributed by atoms with E-state index < -0.39 is 16.9 Å². The van der Waals surface area contributed by atoms with Gasteiger partial charge < -0.3 is 5.73 Å². The lowest BCUT2D eigenvalue weighted by Gasteiger charge is -2.21. The monoisotopic (exact) mass is 487 g/mol. The molecule has 0 saturated heterocycles. The third-order valence-electron chi connectivity index (χ3n) is 5.01. The summed E-state index contributed by atoms with van der Waals surface area (Å²) in [5, 5.41) is 0.815. The Morgan fingerprint density at radius 1 is 1.23 bits per heavy atom. The molecule has 1 atom stereocenters. The lowest BCUT2D eigenvalue weighted by atomic mass is 9.85. The van der Waals surface area contributed by atoms with Gasteiger partial charge in [-0.1, -0.05) is 61.4 Å². The molecule has 0 aliphatic heterocycles. The number of benzene rings is 1. The summed E-state index contributed by atoms with van der Waals surface area (Å²) in [6, 6.07) is 3.51. The zero-order valence-electron chi connectivity index (χ0n) is 17.4. The Labute approximate surface area is 194 Å². The largest absolute Gasteiger partial charge is 0.364 e. The summed E-state index contributed by atoms with van der Waals surface area (Å²) < 4.78 is 15.7. The maximum Gasteiger partial charge on any atom is 0.277 e. The maximum absolute atomic E-state index is 12.7. The van der Waals surface area contributed by atoms with Gasteiger partial charge in [0, 0.05) is 11.1 Å². The molecule has 1 aliphatic rings. The second-order valence-corrected chi connectivity index (χ2v) is 11.7. The molecular weight excluding hydrogens is 461 g/mol. The van der Waals surface area contributed by atoms with Gasteiger partial charge in [-0.2, -0.15) is 0 Å². The molecule has 1 fully saturated rings. The molecule has 1 aromatic carbocycles. The number of aromatic nitrogens is 1. The van der Waals surface area contributed by atoms with Gasteiger partial charge in [-0.15, -0.1) is 11.3 Å². The number of rotatable bonds is 6. The third-order valence-corrected chi connectivity index (χ3v) is 8.68. The fraction of sp³-hybridized carbons (Fsp3) is 0.524. The molecule has 30 heavy (non-hydrogen) atoms. The first kappa shape index (κ1) is 23.7. The summed E-state index contributed by atoms with van der Waals surface area (Å²) in [6.45, 7) is 5.78. The van der Waals surface area contributed by atoms with Gasteiger partial charge in [-0.25, -0.2) is 13.9 Å². The molecule has 5 nitrogen and oxygen atoms in total. The van der Waals surface area contributed by atoms with E-state index in [1.807, 2.05) is 20.8 Å². The predicted molar refractivity (Wildman–Crippen MR) is 126 cm³/mol. The second-order valence-electron chi connectivity index (χ2n) is 8.73. The van der Waals surface area contributed by atoms with Crippen LogP contribution >= 0.6 is 34.5 Å². The summed E-state index contributed by atoms with van der Waals surface area (Å²) >= 11 is 14.4. The first-order valence-corrected chi connectivity index (χ1v) is 12.8. The molecule has 0 radical (unpaired) electrons. The van der Waals surface area contributed by atoms with Crippen molar-refractivity contribution in [2.75, 3.05) is 0 Å². The highest BCUT2D eigenvalue weighted by atomic mass is 35.5. The number of nitrogens with two attached hydrogens (primary N) is 1. The minimum atomic E-state index is -1.51.